The Balaban J connectivity index is 1.97. The molecule has 0 amide bonds. The van der Waals surface area contributed by atoms with Crippen molar-refractivity contribution in [3.63, 3.8) is 0 Å². The van der Waals surface area contributed by atoms with Crippen LogP contribution in [0.3, 0.4) is 0 Å². The van der Waals surface area contributed by atoms with Crippen LogP contribution in [0.5, 0.6) is 0 Å². The van der Waals surface area contributed by atoms with Crippen molar-refractivity contribution in [2.24, 2.45) is 5.92 Å². The van der Waals surface area contributed by atoms with Crippen molar-refractivity contribution in [3.05, 3.63) is 16.8 Å². The molecular formula is C14H19N3S. The van der Waals surface area contributed by atoms with Crippen LogP contribution in [-0.2, 0) is 0 Å². The van der Waals surface area contributed by atoms with Crippen LogP contribution in [0, 0.1) is 12.8 Å². The first kappa shape index (κ1) is 11.9. The number of anilines is 1. The van der Waals surface area contributed by atoms with Crippen LogP contribution in [0.4, 0.5) is 5.82 Å². The molecule has 0 aliphatic heterocycles. The van der Waals surface area contributed by atoms with Gasteiger partial charge in [0.1, 0.15) is 16.5 Å². The number of fused-ring (bicyclic) bond motifs is 1. The predicted octanol–water partition coefficient (Wildman–Crippen LogP) is 3.88. The van der Waals surface area contributed by atoms with Crippen LogP contribution in [0.2, 0.25) is 0 Å². The van der Waals surface area contributed by atoms with E-state index in [0.29, 0.717) is 11.7 Å². The number of aryl methyl sites for hydroxylation is 1. The van der Waals surface area contributed by atoms with E-state index in [9.17, 15) is 0 Å². The fraction of sp³-hybridized carbons (Fsp3) is 0.571. The van der Waals surface area contributed by atoms with Gasteiger partial charge in [0.15, 0.2) is 0 Å². The topological polar surface area (TPSA) is 51.8 Å². The third-order valence-corrected chi connectivity index (χ3v) is 4.99. The molecule has 2 unspecified atom stereocenters. The molecule has 1 aliphatic carbocycles. The van der Waals surface area contributed by atoms with E-state index in [1.807, 2.05) is 0 Å². The van der Waals surface area contributed by atoms with Crippen molar-refractivity contribution in [3.8, 4) is 0 Å². The van der Waals surface area contributed by atoms with E-state index in [0.717, 1.165) is 22.0 Å². The highest BCUT2D eigenvalue weighted by molar-refractivity contribution is 7.18. The van der Waals surface area contributed by atoms with Gasteiger partial charge in [0.25, 0.3) is 0 Å². The van der Waals surface area contributed by atoms with Gasteiger partial charge in [-0.25, -0.2) is 9.97 Å². The lowest BCUT2D eigenvalue weighted by Gasteiger charge is -2.09. The van der Waals surface area contributed by atoms with E-state index in [1.165, 1.54) is 30.6 Å². The van der Waals surface area contributed by atoms with E-state index < -0.39 is 0 Å². The Morgan fingerprint density at radius 3 is 2.94 bits per heavy atom. The molecule has 1 fully saturated rings. The number of nitrogens with zero attached hydrogens (tertiary/aromatic N) is 2. The van der Waals surface area contributed by atoms with Gasteiger partial charge in [-0.05, 0) is 38.2 Å². The van der Waals surface area contributed by atoms with Gasteiger partial charge >= 0.3 is 0 Å². The molecule has 18 heavy (non-hydrogen) atoms. The zero-order chi connectivity index (χ0) is 12.7. The largest absolute Gasteiger partial charge is 0.383 e. The Morgan fingerprint density at radius 2 is 2.22 bits per heavy atom. The number of nitrogen functional groups attached to an aromatic ring is 1. The van der Waals surface area contributed by atoms with Gasteiger partial charge in [-0.3, -0.25) is 0 Å². The molecule has 2 heterocycles. The smallest absolute Gasteiger partial charge is 0.135 e. The number of rotatable bonds is 2. The van der Waals surface area contributed by atoms with Crippen molar-refractivity contribution in [2.75, 3.05) is 5.73 Å². The Bertz CT molecular complexity index is 576. The number of nitrogens with two attached hydrogens (primary N) is 1. The van der Waals surface area contributed by atoms with Crippen molar-refractivity contribution < 1.29 is 0 Å². The molecule has 2 N–H and O–H groups in total. The van der Waals surface area contributed by atoms with Crippen molar-refractivity contribution >= 4 is 27.4 Å². The standard InChI is InChI=1S/C14H19N3S/c1-3-9-4-5-10(7-9)13-16-12(15)11-6-8(2)18-14(11)17-13/h6,9-10H,3-5,7H2,1-2H3,(H2,15,16,17). The first-order valence-corrected chi connectivity index (χ1v) is 7.52. The molecule has 3 rings (SSSR count). The van der Waals surface area contributed by atoms with Crippen LogP contribution >= 0.6 is 11.3 Å². The summed E-state index contributed by atoms with van der Waals surface area (Å²) in [5.41, 5.74) is 6.06. The highest BCUT2D eigenvalue weighted by Crippen LogP contribution is 2.39. The second kappa shape index (κ2) is 4.50. The summed E-state index contributed by atoms with van der Waals surface area (Å²) in [5.74, 6) is 2.99. The average Bonchev–Trinajstić information content (AvgIpc) is 2.94. The molecule has 0 radical (unpaired) electrons. The molecule has 0 saturated heterocycles. The Hall–Kier alpha value is -1.16. The lowest BCUT2D eigenvalue weighted by Crippen LogP contribution is -2.04. The van der Waals surface area contributed by atoms with Gasteiger partial charge < -0.3 is 5.73 Å². The van der Waals surface area contributed by atoms with Gasteiger partial charge in [-0.1, -0.05) is 13.3 Å². The number of hydrogen-bond donors (Lipinski definition) is 1. The summed E-state index contributed by atoms with van der Waals surface area (Å²) in [7, 11) is 0. The van der Waals surface area contributed by atoms with Crippen LogP contribution < -0.4 is 5.73 Å². The molecule has 2 atom stereocenters. The van der Waals surface area contributed by atoms with Gasteiger partial charge in [0, 0.05) is 10.8 Å². The minimum atomic E-state index is 0.518. The molecular weight excluding hydrogens is 242 g/mol. The lowest BCUT2D eigenvalue weighted by atomic mass is 10.0. The van der Waals surface area contributed by atoms with Gasteiger partial charge in [-0.2, -0.15) is 0 Å². The summed E-state index contributed by atoms with van der Waals surface area (Å²) >= 11 is 1.71. The SMILES string of the molecule is CCC1CCC(c2nc(N)c3cc(C)sc3n2)C1. The highest BCUT2D eigenvalue weighted by atomic mass is 32.1. The summed E-state index contributed by atoms with van der Waals surface area (Å²) in [5, 5.41) is 1.02. The van der Waals surface area contributed by atoms with Crippen LogP contribution in [-0.4, -0.2) is 9.97 Å². The first-order valence-electron chi connectivity index (χ1n) is 6.71. The van der Waals surface area contributed by atoms with Crippen molar-refractivity contribution in [2.45, 2.75) is 45.4 Å². The van der Waals surface area contributed by atoms with E-state index in [1.54, 1.807) is 11.3 Å². The maximum atomic E-state index is 6.06. The van der Waals surface area contributed by atoms with Crippen LogP contribution in [0.15, 0.2) is 6.07 Å². The molecule has 4 heteroatoms. The van der Waals surface area contributed by atoms with Crippen molar-refractivity contribution in [1.82, 2.24) is 9.97 Å². The molecule has 2 aromatic heterocycles. The summed E-state index contributed by atoms with van der Waals surface area (Å²) in [4.78, 5) is 11.6. The fourth-order valence-electron chi connectivity index (χ4n) is 2.94. The Kier molecular flexibility index (Phi) is 2.98. The first-order chi connectivity index (χ1) is 8.67. The summed E-state index contributed by atoms with van der Waals surface area (Å²) in [6.07, 6.45) is 5.03. The molecule has 0 spiro atoms. The number of thiophene rings is 1. The third-order valence-electron chi connectivity index (χ3n) is 4.05. The normalized spacial score (nSPS) is 23.9. The van der Waals surface area contributed by atoms with Gasteiger partial charge in [0.2, 0.25) is 0 Å². The zero-order valence-corrected chi connectivity index (χ0v) is 11.8. The minimum Gasteiger partial charge on any atom is -0.383 e. The number of aromatic nitrogens is 2. The van der Waals surface area contributed by atoms with Gasteiger partial charge in [-0.15, -0.1) is 11.3 Å². The van der Waals surface area contributed by atoms with E-state index in [4.69, 9.17) is 10.7 Å². The van der Waals surface area contributed by atoms with Crippen molar-refractivity contribution in [1.29, 1.82) is 0 Å². The molecule has 96 valence electrons. The molecule has 1 saturated carbocycles. The fourth-order valence-corrected chi connectivity index (χ4v) is 3.84. The molecule has 2 aromatic rings. The van der Waals surface area contributed by atoms with E-state index in [2.05, 4.69) is 24.9 Å². The quantitative estimate of drug-likeness (QED) is 0.892. The summed E-state index contributed by atoms with van der Waals surface area (Å²) < 4.78 is 0. The summed E-state index contributed by atoms with van der Waals surface area (Å²) in [6, 6.07) is 2.09. The zero-order valence-electron chi connectivity index (χ0n) is 10.9. The van der Waals surface area contributed by atoms with E-state index in [-0.39, 0.29) is 0 Å². The number of hydrogen-bond acceptors (Lipinski definition) is 4. The van der Waals surface area contributed by atoms with E-state index >= 15 is 0 Å². The van der Waals surface area contributed by atoms with Crippen LogP contribution in [0.25, 0.3) is 10.2 Å². The predicted molar refractivity (Wildman–Crippen MR) is 76.9 cm³/mol. The molecule has 3 nitrogen and oxygen atoms in total. The molecule has 0 aromatic carbocycles. The second-order valence-electron chi connectivity index (χ2n) is 5.33. The maximum Gasteiger partial charge on any atom is 0.135 e. The second-order valence-corrected chi connectivity index (χ2v) is 6.56. The van der Waals surface area contributed by atoms with Gasteiger partial charge in [0.05, 0.1) is 5.39 Å². The summed E-state index contributed by atoms with van der Waals surface area (Å²) in [6.45, 7) is 4.36. The highest BCUT2D eigenvalue weighted by Gasteiger charge is 2.27. The lowest BCUT2D eigenvalue weighted by molar-refractivity contribution is 0.517. The Labute approximate surface area is 111 Å². The molecule has 0 bridgehead atoms. The molecule has 1 aliphatic rings. The third kappa shape index (κ3) is 1.99. The monoisotopic (exact) mass is 261 g/mol. The maximum absolute atomic E-state index is 6.06. The minimum absolute atomic E-state index is 0.518. The van der Waals surface area contributed by atoms with Crippen LogP contribution in [0.1, 0.15) is 49.2 Å². The average molecular weight is 261 g/mol. The Morgan fingerprint density at radius 1 is 1.39 bits per heavy atom.